The molecule has 7 nitrogen and oxygen atoms in total. The maximum atomic E-state index is 11.7. The minimum atomic E-state index is -3.30. The van der Waals surface area contributed by atoms with Crippen LogP contribution in [-0.4, -0.2) is 47.6 Å². The normalized spacial score (nSPS) is 14.7. The average Bonchev–Trinajstić information content (AvgIpc) is 2.78. The molecule has 0 radical (unpaired) electrons. The molecule has 1 aromatic carbocycles. The van der Waals surface area contributed by atoms with E-state index < -0.39 is 19.9 Å². The maximum Gasteiger partial charge on any atom is 0.232 e. The molecule has 1 aliphatic heterocycles. The first kappa shape index (κ1) is 16.8. The smallest absolute Gasteiger partial charge is 0.232 e. The highest BCUT2D eigenvalue weighted by atomic mass is 32.2. The fourth-order valence-electron chi connectivity index (χ4n) is 2.30. The van der Waals surface area contributed by atoms with Crippen molar-refractivity contribution in [2.45, 2.75) is 12.8 Å². The Labute approximate surface area is 130 Å². The van der Waals surface area contributed by atoms with Crippen LogP contribution in [0.3, 0.4) is 0 Å². The molecule has 1 N–H and O–H groups in total. The van der Waals surface area contributed by atoms with Crippen LogP contribution in [-0.2, 0) is 31.1 Å². The number of rotatable bonds is 5. The number of hydrogen-bond acceptors (Lipinski definition) is 5. The molecule has 1 aromatic rings. The molecular weight excluding hydrogens is 328 g/mol. The molecule has 22 heavy (non-hydrogen) atoms. The summed E-state index contributed by atoms with van der Waals surface area (Å²) in [6.07, 6.45) is 2.71. The van der Waals surface area contributed by atoms with Crippen molar-refractivity contribution < 1.29 is 21.6 Å². The molecule has 0 aliphatic carbocycles. The SMILES string of the molecule is CS(=O)(=O)CCC(=O)Nc1ccc2c(c1)CCN2S(C)(=O)=O. The van der Waals surface area contributed by atoms with Crippen LogP contribution in [0.1, 0.15) is 12.0 Å². The van der Waals surface area contributed by atoms with Crippen LogP contribution in [0.15, 0.2) is 18.2 Å². The van der Waals surface area contributed by atoms with Crippen molar-refractivity contribution in [2.24, 2.45) is 0 Å². The van der Waals surface area contributed by atoms with E-state index in [4.69, 9.17) is 0 Å². The molecule has 1 aliphatic rings. The quantitative estimate of drug-likeness (QED) is 0.831. The number of amides is 1. The van der Waals surface area contributed by atoms with Crippen molar-refractivity contribution in [3.63, 3.8) is 0 Å². The van der Waals surface area contributed by atoms with Crippen molar-refractivity contribution in [1.82, 2.24) is 0 Å². The van der Waals surface area contributed by atoms with Crippen molar-refractivity contribution >= 4 is 37.1 Å². The van der Waals surface area contributed by atoms with Crippen LogP contribution >= 0.6 is 0 Å². The maximum absolute atomic E-state index is 11.7. The minimum Gasteiger partial charge on any atom is -0.326 e. The molecule has 2 rings (SSSR count). The second kappa shape index (κ2) is 5.88. The largest absolute Gasteiger partial charge is 0.326 e. The predicted molar refractivity (Wildman–Crippen MR) is 85.3 cm³/mol. The van der Waals surface area contributed by atoms with E-state index in [1.165, 1.54) is 4.31 Å². The van der Waals surface area contributed by atoms with Crippen LogP contribution in [0.4, 0.5) is 11.4 Å². The number of sulfone groups is 1. The molecule has 0 bridgehead atoms. The number of sulfonamides is 1. The van der Waals surface area contributed by atoms with Crippen LogP contribution in [0, 0.1) is 0 Å². The Bertz CT molecular complexity index is 800. The first-order valence-corrected chi connectivity index (χ1v) is 10.6. The number of hydrogen-bond donors (Lipinski definition) is 1. The summed E-state index contributed by atoms with van der Waals surface area (Å²) < 4.78 is 46.7. The zero-order valence-corrected chi connectivity index (χ0v) is 14.0. The number of anilines is 2. The van der Waals surface area contributed by atoms with Gasteiger partial charge in [-0.1, -0.05) is 0 Å². The lowest BCUT2D eigenvalue weighted by molar-refractivity contribution is -0.115. The topological polar surface area (TPSA) is 101 Å². The summed E-state index contributed by atoms with van der Waals surface area (Å²) in [5.74, 6) is -0.589. The molecule has 0 fully saturated rings. The van der Waals surface area contributed by atoms with Crippen molar-refractivity contribution in [3.8, 4) is 0 Å². The monoisotopic (exact) mass is 346 g/mol. The van der Waals surface area contributed by atoms with E-state index in [1.807, 2.05) is 0 Å². The summed E-state index contributed by atoms with van der Waals surface area (Å²) in [5, 5.41) is 2.63. The van der Waals surface area contributed by atoms with Crippen LogP contribution in [0.5, 0.6) is 0 Å². The summed E-state index contributed by atoms with van der Waals surface area (Å²) >= 11 is 0. The summed E-state index contributed by atoms with van der Waals surface area (Å²) in [4.78, 5) is 11.7. The molecule has 0 atom stereocenters. The van der Waals surface area contributed by atoms with Gasteiger partial charge in [-0.05, 0) is 30.2 Å². The number of carbonyl (C=O) groups excluding carboxylic acids is 1. The van der Waals surface area contributed by atoms with Gasteiger partial charge >= 0.3 is 0 Å². The van der Waals surface area contributed by atoms with E-state index in [-0.39, 0.29) is 18.1 Å². The van der Waals surface area contributed by atoms with Crippen LogP contribution in [0.2, 0.25) is 0 Å². The third-order valence-electron chi connectivity index (χ3n) is 3.32. The Morgan fingerprint density at radius 3 is 2.50 bits per heavy atom. The average molecular weight is 346 g/mol. The van der Waals surface area contributed by atoms with Gasteiger partial charge in [0.15, 0.2) is 0 Å². The molecule has 1 amide bonds. The predicted octanol–water partition coefficient (Wildman–Crippen LogP) is 0.382. The molecular formula is C13H18N2O5S2. The van der Waals surface area contributed by atoms with Gasteiger partial charge in [-0.25, -0.2) is 16.8 Å². The molecule has 0 aromatic heterocycles. The Morgan fingerprint density at radius 1 is 1.23 bits per heavy atom. The van der Waals surface area contributed by atoms with Gasteiger partial charge in [-0.2, -0.15) is 0 Å². The summed E-state index contributed by atoms with van der Waals surface area (Å²) in [7, 11) is -6.48. The standard InChI is InChI=1S/C13H18N2O5S2/c1-21(17,18)8-6-13(16)14-11-3-4-12-10(9-11)5-7-15(12)22(2,19)20/h3-4,9H,5-8H2,1-2H3,(H,14,16). The highest BCUT2D eigenvalue weighted by Crippen LogP contribution is 2.32. The van der Waals surface area contributed by atoms with Crippen molar-refractivity contribution in [3.05, 3.63) is 23.8 Å². The van der Waals surface area contributed by atoms with Gasteiger partial charge in [-0.3, -0.25) is 9.10 Å². The van der Waals surface area contributed by atoms with E-state index >= 15 is 0 Å². The lowest BCUT2D eigenvalue weighted by Crippen LogP contribution is -2.27. The van der Waals surface area contributed by atoms with Gasteiger partial charge in [-0.15, -0.1) is 0 Å². The number of nitrogens with zero attached hydrogens (tertiary/aromatic N) is 1. The summed E-state index contributed by atoms with van der Waals surface area (Å²) in [6, 6.07) is 4.98. The van der Waals surface area contributed by atoms with Gasteiger partial charge in [0.1, 0.15) is 9.84 Å². The van der Waals surface area contributed by atoms with E-state index in [1.54, 1.807) is 18.2 Å². The Morgan fingerprint density at radius 2 is 1.91 bits per heavy atom. The number of carbonyl (C=O) groups is 1. The second-order valence-corrected chi connectivity index (χ2v) is 9.52. The Kier molecular flexibility index (Phi) is 4.48. The van der Waals surface area contributed by atoms with Crippen LogP contribution in [0.25, 0.3) is 0 Å². The third-order valence-corrected chi connectivity index (χ3v) is 5.44. The van der Waals surface area contributed by atoms with E-state index in [0.29, 0.717) is 24.3 Å². The van der Waals surface area contributed by atoms with E-state index in [9.17, 15) is 21.6 Å². The fourth-order valence-corrected chi connectivity index (χ4v) is 3.81. The van der Waals surface area contributed by atoms with Crippen molar-refractivity contribution in [2.75, 3.05) is 34.4 Å². The summed E-state index contributed by atoms with van der Waals surface area (Å²) in [5.41, 5.74) is 2.00. The van der Waals surface area contributed by atoms with Gasteiger partial charge in [0.2, 0.25) is 15.9 Å². The van der Waals surface area contributed by atoms with Crippen LogP contribution < -0.4 is 9.62 Å². The lowest BCUT2D eigenvalue weighted by atomic mass is 10.1. The van der Waals surface area contributed by atoms with Crippen molar-refractivity contribution in [1.29, 1.82) is 0 Å². The molecule has 0 unspecified atom stereocenters. The molecule has 9 heteroatoms. The Hall–Kier alpha value is -1.61. The van der Waals surface area contributed by atoms with Gasteiger partial charge in [0.25, 0.3) is 0 Å². The molecule has 0 saturated carbocycles. The zero-order chi connectivity index (χ0) is 16.5. The first-order chi connectivity index (χ1) is 10.1. The number of benzene rings is 1. The van der Waals surface area contributed by atoms with Gasteiger partial charge < -0.3 is 5.32 Å². The molecule has 122 valence electrons. The highest BCUT2D eigenvalue weighted by Gasteiger charge is 2.26. The fraction of sp³-hybridized carbons (Fsp3) is 0.462. The zero-order valence-electron chi connectivity index (χ0n) is 12.4. The van der Waals surface area contributed by atoms with Gasteiger partial charge in [0.05, 0.1) is 17.7 Å². The Balaban J connectivity index is 2.09. The molecule has 0 spiro atoms. The first-order valence-electron chi connectivity index (χ1n) is 6.64. The molecule has 0 saturated heterocycles. The third kappa shape index (κ3) is 4.20. The number of nitrogens with one attached hydrogen (secondary N) is 1. The summed E-state index contributed by atoms with van der Waals surface area (Å²) in [6.45, 7) is 0.389. The number of fused-ring (bicyclic) bond motifs is 1. The minimum absolute atomic E-state index is 0.106. The second-order valence-electron chi connectivity index (χ2n) is 5.36. The van der Waals surface area contributed by atoms with Gasteiger partial charge in [0, 0.05) is 24.9 Å². The highest BCUT2D eigenvalue weighted by molar-refractivity contribution is 7.92. The van der Waals surface area contributed by atoms with E-state index in [2.05, 4.69) is 5.32 Å². The molecule has 1 heterocycles. The van der Waals surface area contributed by atoms with E-state index in [0.717, 1.165) is 18.1 Å². The lowest BCUT2D eigenvalue weighted by Gasteiger charge is -2.16.